The highest BCUT2D eigenvalue weighted by atomic mass is 19.3. The molecule has 2 aromatic heterocycles. The van der Waals surface area contributed by atoms with Crippen LogP contribution in [0.5, 0.6) is 0 Å². The fourth-order valence-electron chi connectivity index (χ4n) is 9.45. The lowest BCUT2D eigenvalue weighted by molar-refractivity contribution is -0.000125. The minimum absolute atomic E-state index is 0.165. The minimum atomic E-state index is -2.66. The lowest BCUT2D eigenvalue weighted by atomic mass is 9.70. The summed E-state index contributed by atoms with van der Waals surface area (Å²) in [6.07, 6.45) is 8.05. The number of rotatable bonds is 16. The van der Waals surface area contributed by atoms with Gasteiger partial charge < -0.3 is 20.1 Å². The predicted molar refractivity (Wildman–Crippen MR) is 205 cm³/mol. The van der Waals surface area contributed by atoms with Crippen molar-refractivity contribution in [3.05, 3.63) is 33.9 Å². The molecule has 6 rings (SSSR count). The van der Waals surface area contributed by atoms with Crippen LogP contribution < -0.4 is 10.6 Å². The summed E-state index contributed by atoms with van der Waals surface area (Å²) in [6, 6.07) is 0. The Bertz CT molecular complexity index is 1390. The molecule has 0 bridgehead atoms. The van der Waals surface area contributed by atoms with Crippen molar-refractivity contribution in [1.29, 1.82) is 0 Å². The Hall–Kier alpha value is -2.10. The molecule has 0 saturated heterocycles. The smallest absolute Gasteiger partial charge is 0.272 e. The number of hydrogen-bond donors (Lipinski definition) is 2. The molecule has 0 amide bonds. The SMILES string of the molecule is CNCCN(C)Cc1nn2c(c1C1CCC(C)(COC)CC1)CC(F)(F)C2.CNCCN(C)Cc1nn2c(c1C1CCC(C)(COC)CC1)CC(F)(F)C2. The van der Waals surface area contributed by atoms with Crippen LogP contribution in [0.3, 0.4) is 0 Å². The minimum Gasteiger partial charge on any atom is -0.384 e. The molecule has 4 aliphatic rings. The van der Waals surface area contributed by atoms with E-state index in [2.05, 4.69) is 58.6 Å². The third-order valence-electron chi connectivity index (χ3n) is 12.5. The zero-order valence-corrected chi connectivity index (χ0v) is 34.3. The molecular weight excluding hydrogens is 700 g/mol. The third-order valence-corrected chi connectivity index (χ3v) is 12.5. The number of ether oxygens (including phenoxy) is 2. The van der Waals surface area contributed by atoms with Crippen molar-refractivity contribution in [3.63, 3.8) is 0 Å². The van der Waals surface area contributed by atoms with E-state index in [1.807, 2.05) is 14.1 Å². The summed E-state index contributed by atoms with van der Waals surface area (Å²) in [5.41, 5.74) is 6.18. The number of likely N-dealkylation sites (N-methyl/N-ethyl adjacent to an activating group) is 4. The second kappa shape index (κ2) is 18.0. The lowest BCUT2D eigenvalue weighted by Gasteiger charge is -2.37. The summed E-state index contributed by atoms with van der Waals surface area (Å²) < 4.78 is 70.0. The van der Waals surface area contributed by atoms with Gasteiger partial charge in [-0.25, -0.2) is 17.6 Å². The van der Waals surface area contributed by atoms with Crippen LogP contribution in [-0.2, 0) is 48.5 Å². The molecule has 0 unspecified atom stereocenters. The van der Waals surface area contributed by atoms with Crippen LogP contribution in [0.2, 0.25) is 0 Å². The standard InChI is InChI=1S/2C20H34F2N4O/c2*1-19(14-27-4)7-5-15(6-8-19)18-16(12-25(3)10-9-23-2)24-26-13-20(21,22)11-17(18)26/h2*15,23H,5-14H2,1-4H3. The monoisotopic (exact) mass is 769 g/mol. The van der Waals surface area contributed by atoms with Gasteiger partial charge in [-0.1, -0.05) is 13.8 Å². The first-order valence-corrected chi connectivity index (χ1v) is 20.1. The number of halogens is 4. The van der Waals surface area contributed by atoms with Gasteiger partial charge in [0.2, 0.25) is 0 Å². The molecule has 0 spiro atoms. The van der Waals surface area contributed by atoms with Crippen LogP contribution in [0, 0.1) is 10.8 Å². The Morgan fingerprint density at radius 2 is 1.02 bits per heavy atom. The number of aromatic nitrogens is 4. The lowest BCUT2D eigenvalue weighted by Crippen LogP contribution is -2.30. The van der Waals surface area contributed by atoms with Gasteiger partial charge in [0.1, 0.15) is 13.1 Å². The van der Waals surface area contributed by atoms with Crippen LogP contribution >= 0.6 is 0 Å². The summed E-state index contributed by atoms with van der Waals surface area (Å²) in [4.78, 5) is 4.43. The maximum atomic E-state index is 14.0. The normalized spacial score (nSPS) is 27.3. The van der Waals surface area contributed by atoms with E-state index in [0.717, 1.165) is 125 Å². The van der Waals surface area contributed by atoms with E-state index in [9.17, 15) is 17.6 Å². The van der Waals surface area contributed by atoms with E-state index in [0.29, 0.717) is 24.9 Å². The molecule has 14 heteroatoms. The molecule has 2 saturated carbocycles. The highest BCUT2D eigenvalue weighted by molar-refractivity contribution is 5.35. The molecule has 4 heterocycles. The maximum absolute atomic E-state index is 14.0. The number of hydrogen-bond acceptors (Lipinski definition) is 8. The molecule has 308 valence electrons. The van der Waals surface area contributed by atoms with Gasteiger partial charge in [-0.2, -0.15) is 10.2 Å². The predicted octanol–water partition coefficient (Wildman–Crippen LogP) is 6.07. The van der Waals surface area contributed by atoms with Crippen molar-refractivity contribution in [2.45, 2.75) is 128 Å². The molecule has 0 radical (unpaired) electrons. The Labute approximate surface area is 321 Å². The fraction of sp³-hybridized carbons (Fsp3) is 0.850. The molecule has 2 N–H and O–H groups in total. The Kier molecular flexibility index (Phi) is 14.3. The molecular formula is C40H68F4N8O2. The zero-order valence-electron chi connectivity index (χ0n) is 34.3. The van der Waals surface area contributed by atoms with E-state index < -0.39 is 11.8 Å². The third kappa shape index (κ3) is 10.6. The average Bonchev–Trinajstić information content (AvgIpc) is 3.77. The number of nitrogens with zero attached hydrogens (tertiary/aromatic N) is 6. The second-order valence-electron chi connectivity index (χ2n) is 17.7. The molecule has 2 fully saturated rings. The first kappa shape index (κ1) is 43.0. The summed E-state index contributed by atoms with van der Waals surface area (Å²) in [7, 11) is 11.5. The van der Waals surface area contributed by atoms with Crippen LogP contribution in [-0.4, -0.2) is 123 Å². The van der Waals surface area contributed by atoms with Gasteiger partial charge >= 0.3 is 0 Å². The van der Waals surface area contributed by atoms with Gasteiger partial charge in [-0.05, 0) is 102 Å². The molecule has 0 atom stereocenters. The number of fused-ring (bicyclic) bond motifs is 2. The van der Waals surface area contributed by atoms with Gasteiger partial charge in [-0.15, -0.1) is 0 Å². The fourth-order valence-corrected chi connectivity index (χ4v) is 9.45. The Morgan fingerprint density at radius 3 is 1.33 bits per heavy atom. The van der Waals surface area contributed by atoms with E-state index in [-0.39, 0.29) is 36.8 Å². The molecule has 2 aromatic rings. The molecule has 2 aliphatic carbocycles. The highest BCUT2D eigenvalue weighted by Gasteiger charge is 2.45. The van der Waals surface area contributed by atoms with Crippen molar-refractivity contribution in [2.75, 3.05) is 81.8 Å². The van der Waals surface area contributed by atoms with Crippen molar-refractivity contribution in [2.24, 2.45) is 10.8 Å². The topological polar surface area (TPSA) is 84.6 Å². The van der Waals surface area contributed by atoms with E-state index >= 15 is 0 Å². The summed E-state index contributed by atoms with van der Waals surface area (Å²) in [6.45, 7) is 10.6. The summed E-state index contributed by atoms with van der Waals surface area (Å²) in [5, 5.41) is 15.6. The first-order chi connectivity index (χ1) is 25.5. The summed E-state index contributed by atoms with van der Waals surface area (Å²) in [5.74, 6) is -4.65. The molecule has 0 aromatic carbocycles. The van der Waals surface area contributed by atoms with Gasteiger partial charge in [0, 0.05) is 76.0 Å². The van der Waals surface area contributed by atoms with Gasteiger partial charge in [0.25, 0.3) is 11.8 Å². The van der Waals surface area contributed by atoms with Crippen LogP contribution in [0.25, 0.3) is 0 Å². The average molecular weight is 769 g/mol. The number of methoxy groups -OCH3 is 2. The quantitative estimate of drug-likeness (QED) is 0.199. The summed E-state index contributed by atoms with van der Waals surface area (Å²) >= 11 is 0. The number of nitrogens with one attached hydrogen (secondary N) is 2. The highest BCUT2D eigenvalue weighted by Crippen LogP contribution is 2.48. The maximum Gasteiger partial charge on any atom is 0.272 e. The first-order valence-electron chi connectivity index (χ1n) is 20.1. The van der Waals surface area contributed by atoms with Gasteiger partial charge in [0.05, 0.1) is 37.4 Å². The van der Waals surface area contributed by atoms with E-state index in [4.69, 9.17) is 9.47 Å². The molecule has 10 nitrogen and oxygen atoms in total. The van der Waals surface area contributed by atoms with E-state index in [1.165, 1.54) is 0 Å². The van der Waals surface area contributed by atoms with Crippen LogP contribution in [0.4, 0.5) is 17.6 Å². The zero-order chi connectivity index (χ0) is 39.3. The largest absolute Gasteiger partial charge is 0.384 e. The molecule has 54 heavy (non-hydrogen) atoms. The van der Waals surface area contributed by atoms with E-state index in [1.54, 1.807) is 23.6 Å². The van der Waals surface area contributed by atoms with Crippen molar-refractivity contribution in [1.82, 2.24) is 40.0 Å². The molecule has 2 aliphatic heterocycles. The van der Waals surface area contributed by atoms with Gasteiger partial charge in [-0.3, -0.25) is 19.2 Å². The van der Waals surface area contributed by atoms with Gasteiger partial charge in [0.15, 0.2) is 0 Å². The van der Waals surface area contributed by atoms with Crippen molar-refractivity contribution >= 4 is 0 Å². The van der Waals surface area contributed by atoms with Crippen LogP contribution in [0.1, 0.15) is 111 Å². The Morgan fingerprint density at radius 1 is 0.667 bits per heavy atom. The second-order valence-corrected chi connectivity index (χ2v) is 17.7. The number of alkyl halides is 4. The van der Waals surface area contributed by atoms with Crippen molar-refractivity contribution in [3.8, 4) is 0 Å². The van der Waals surface area contributed by atoms with Crippen LogP contribution in [0.15, 0.2) is 0 Å². The van der Waals surface area contributed by atoms with Crippen molar-refractivity contribution < 1.29 is 27.0 Å². The Balaban J connectivity index is 0.000000208.